The van der Waals surface area contributed by atoms with Crippen molar-refractivity contribution in [3.05, 3.63) is 41.0 Å². The molecule has 1 aliphatic carbocycles. The molecule has 0 spiro atoms. The lowest BCUT2D eigenvalue weighted by Gasteiger charge is -2.11. The van der Waals surface area contributed by atoms with Gasteiger partial charge in [-0.3, -0.25) is 4.99 Å². The Hall–Kier alpha value is -1.68. The van der Waals surface area contributed by atoms with Crippen molar-refractivity contribution in [2.45, 2.75) is 57.7 Å². The molecule has 0 unspecified atom stereocenters. The molecule has 3 N–H and O–H groups in total. The van der Waals surface area contributed by atoms with E-state index >= 15 is 0 Å². The molecule has 2 aromatic rings. The van der Waals surface area contributed by atoms with Crippen molar-refractivity contribution < 1.29 is 9.26 Å². The van der Waals surface area contributed by atoms with Gasteiger partial charge in [0.15, 0.2) is 11.8 Å². The van der Waals surface area contributed by atoms with Crippen LogP contribution < -0.4 is 11.1 Å². The molecule has 8 heteroatoms. The van der Waals surface area contributed by atoms with Crippen molar-refractivity contribution in [2.24, 2.45) is 10.7 Å². The number of hydrogen-bond acceptors (Lipinski definition) is 5. The van der Waals surface area contributed by atoms with Crippen LogP contribution in [0.5, 0.6) is 0 Å². The van der Waals surface area contributed by atoms with Gasteiger partial charge in [-0.15, -0.1) is 24.0 Å². The van der Waals surface area contributed by atoms with Crippen LogP contribution in [0.3, 0.4) is 0 Å². The summed E-state index contributed by atoms with van der Waals surface area (Å²) < 4.78 is 11.4. The third kappa shape index (κ3) is 4.98. The molecule has 4 rings (SSSR count). The highest BCUT2D eigenvalue weighted by atomic mass is 127. The molecule has 1 saturated heterocycles. The monoisotopic (exact) mass is 483 g/mol. The van der Waals surface area contributed by atoms with Crippen LogP contribution in [-0.4, -0.2) is 28.7 Å². The largest absolute Gasteiger partial charge is 0.370 e. The van der Waals surface area contributed by atoms with Crippen molar-refractivity contribution in [1.29, 1.82) is 0 Å². The number of nitrogens with zero attached hydrogens (tertiary/aromatic N) is 3. The highest BCUT2D eigenvalue weighted by Gasteiger charge is 2.34. The fourth-order valence-corrected chi connectivity index (χ4v) is 3.11. The van der Waals surface area contributed by atoms with E-state index in [1.807, 2.05) is 6.07 Å². The number of aromatic nitrogens is 2. The number of aliphatic imine (C=N–C) groups is 1. The Labute approximate surface area is 176 Å². The number of rotatable bonds is 5. The Morgan fingerprint density at radius 3 is 2.78 bits per heavy atom. The molecule has 27 heavy (non-hydrogen) atoms. The Kier molecular flexibility index (Phi) is 6.36. The van der Waals surface area contributed by atoms with Crippen LogP contribution in [0.2, 0.25) is 0 Å². The van der Waals surface area contributed by atoms with Crippen LogP contribution >= 0.6 is 24.0 Å². The first kappa shape index (κ1) is 20.1. The Balaban J connectivity index is 0.00000210. The van der Waals surface area contributed by atoms with Gasteiger partial charge in [-0.25, -0.2) is 0 Å². The molecule has 0 amide bonds. The van der Waals surface area contributed by atoms with Crippen LogP contribution in [0.1, 0.15) is 60.5 Å². The van der Waals surface area contributed by atoms with E-state index in [2.05, 4.69) is 46.4 Å². The van der Waals surface area contributed by atoms with Crippen molar-refractivity contribution in [3.63, 3.8) is 0 Å². The average molecular weight is 483 g/mol. The quantitative estimate of drug-likeness (QED) is 0.381. The maximum absolute atomic E-state index is 6.01. The van der Waals surface area contributed by atoms with Crippen LogP contribution in [0.4, 0.5) is 5.69 Å². The molecule has 7 nitrogen and oxygen atoms in total. The zero-order valence-corrected chi connectivity index (χ0v) is 18.0. The van der Waals surface area contributed by atoms with E-state index in [0.29, 0.717) is 24.3 Å². The van der Waals surface area contributed by atoms with E-state index in [9.17, 15) is 0 Å². The number of halogens is 1. The number of nitrogens with two attached hydrogens (primary N) is 1. The lowest BCUT2D eigenvalue weighted by Crippen LogP contribution is -2.24. The number of guanidine groups is 1. The highest BCUT2D eigenvalue weighted by Crippen LogP contribution is 2.39. The number of ether oxygens (including phenoxy) is 1. The van der Waals surface area contributed by atoms with Crippen LogP contribution in [-0.2, 0) is 4.74 Å². The SMILES string of the molecule is Cc1ccc(NC(N)=NC[C@H]2CC[C@@H](c3nc(C4CC4)no3)O2)cc1C.I. The maximum atomic E-state index is 6.01. The Bertz CT molecular complexity index is 818. The van der Waals surface area contributed by atoms with Gasteiger partial charge in [-0.05, 0) is 62.8 Å². The van der Waals surface area contributed by atoms with E-state index in [1.165, 1.54) is 11.1 Å². The summed E-state index contributed by atoms with van der Waals surface area (Å²) in [6.07, 6.45) is 4.01. The molecule has 1 aromatic carbocycles. The summed E-state index contributed by atoms with van der Waals surface area (Å²) in [6, 6.07) is 6.13. The summed E-state index contributed by atoms with van der Waals surface area (Å²) >= 11 is 0. The van der Waals surface area contributed by atoms with Crippen molar-refractivity contribution in [2.75, 3.05) is 11.9 Å². The Morgan fingerprint density at radius 2 is 2.04 bits per heavy atom. The van der Waals surface area contributed by atoms with Gasteiger partial charge < -0.3 is 20.3 Å². The van der Waals surface area contributed by atoms with Crippen LogP contribution in [0.25, 0.3) is 0 Å². The van der Waals surface area contributed by atoms with Crippen molar-refractivity contribution in [3.8, 4) is 0 Å². The minimum Gasteiger partial charge on any atom is -0.370 e. The zero-order valence-electron chi connectivity index (χ0n) is 15.6. The first-order valence-electron chi connectivity index (χ1n) is 9.21. The summed E-state index contributed by atoms with van der Waals surface area (Å²) in [6.45, 7) is 4.68. The van der Waals surface area contributed by atoms with Gasteiger partial charge in [0.05, 0.1) is 12.6 Å². The highest BCUT2D eigenvalue weighted by molar-refractivity contribution is 14.0. The summed E-state index contributed by atoms with van der Waals surface area (Å²) in [4.78, 5) is 8.90. The summed E-state index contributed by atoms with van der Waals surface area (Å²) in [7, 11) is 0. The molecule has 0 bridgehead atoms. The van der Waals surface area contributed by atoms with Crippen LogP contribution in [0.15, 0.2) is 27.7 Å². The van der Waals surface area contributed by atoms with E-state index in [-0.39, 0.29) is 36.2 Å². The molecule has 1 aliphatic heterocycles. The smallest absolute Gasteiger partial charge is 0.255 e. The van der Waals surface area contributed by atoms with Gasteiger partial charge in [0.25, 0.3) is 5.89 Å². The molecule has 1 saturated carbocycles. The Morgan fingerprint density at radius 1 is 1.22 bits per heavy atom. The minimum absolute atomic E-state index is 0. The van der Waals surface area contributed by atoms with Gasteiger partial charge in [0.1, 0.15) is 6.10 Å². The van der Waals surface area contributed by atoms with Gasteiger partial charge in [0, 0.05) is 11.6 Å². The van der Waals surface area contributed by atoms with Gasteiger partial charge in [-0.2, -0.15) is 4.98 Å². The molecule has 2 fully saturated rings. The van der Waals surface area contributed by atoms with Gasteiger partial charge in [0.2, 0.25) is 0 Å². The summed E-state index contributed by atoms with van der Waals surface area (Å²) in [5.74, 6) is 2.31. The lowest BCUT2D eigenvalue weighted by atomic mass is 10.1. The predicted octanol–water partition coefficient (Wildman–Crippen LogP) is 3.83. The standard InChI is InChI=1S/C19H25N5O2.HI/c1-11-3-6-14(9-12(11)2)22-19(20)21-10-15-7-8-16(25-15)18-23-17(24-26-18)13-4-5-13;/h3,6,9,13,15-16H,4-5,7-8,10H2,1-2H3,(H3,20,21,22);1H/t15-,16+;/m1./s1. The van der Waals surface area contributed by atoms with Crippen LogP contribution in [0, 0.1) is 13.8 Å². The average Bonchev–Trinajstić information content (AvgIpc) is 3.17. The number of nitrogens with one attached hydrogen (secondary N) is 1. The molecule has 2 aliphatic rings. The molecular formula is C19H26IN5O2. The number of benzene rings is 1. The minimum atomic E-state index is -0.121. The van der Waals surface area contributed by atoms with E-state index < -0.39 is 0 Å². The van der Waals surface area contributed by atoms with Crippen molar-refractivity contribution >= 4 is 35.6 Å². The summed E-state index contributed by atoms with van der Waals surface area (Å²) in [5, 5.41) is 7.19. The third-order valence-electron chi connectivity index (χ3n) is 5.03. The maximum Gasteiger partial charge on any atom is 0.255 e. The molecule has 0 radical (unpaired) electrons. The molecular weight excluding hydrogens is 457 g/mol. The second-order valence-corrected chi connectivity index (χ2v) is 7.24. The number of anilines is 1. The van der Waals surface area contributed by atoms with E-state index in [4.69, 9.17) is 15.0 Å². The topological polar surface area (TPSA) is 98.6 Å². The predicted molar refractivity (Wildman–Crippen MR) is 115 cm³/mol. The lowest BCUT2D eigenvalue weighted by molar-refractivity contribution is 0.0309. The molecule has 1 aromatic heterocycles. The number of hydrogen-bond donors (Lipinski definition) is 2. The molecule has 2 heterocycles. The third-order valence-corrected chi connectivity index (χ3v) is 5.03. The number of aryl methyl sites for hydroxylation is 2. The first-order valence-corrected chi connectivity index (χ1v) is 9.21. The van der Waals surface area contributed by atoms with Gasteiger partial charge in [-0.1, -0.05) is 11.2 Å². The summed E-state index contributed by atoms with van der Waals surface area (Å²) in [5.41, 5.74) is 9.42. The first-order chi connectivity index (χ1) is 12.6. The van der Waals surface area contributed by atoms with Crippen molar-refractivity contribution in [1.82, 2.24) is 10.1 Å². The fraction of sp³-hybridized carbons (Fsp3) is 0.526. The zero-order chi connectivity index (χ0) is 18.1. The van der Waals surface area contributed by atoms with E-state index in [0.717, 1.165) is 37.2 Å². The molecule has 146 valence electrons. The normalized spacial score (nSPS) is 22.5. The second kappa shape index (κ2) is 8.55. The van der Waals surface area contributed by atoms with E-state index in [1.54, 1.807) is 0 Å². The van der Waals surface area contributed by atoms with Gasteiger partial charge >= 0.3 is 0 Å². The second-order valence-electron chi connectivity index (χ2n) is 7.24. The fourth-order valence-electron chi connectivity index (χ4n) is 3.11. The molecule has 2 atom stereocenters.